The fraction of sp³-hybridized carbons (Fsp3) is 0.900. The Morgan fingerprint density at radius 1 is 1.38 bits per heavy atom. The average molecular weight is 189 g/mol. The third-order valence-corrected chi connectivity index (χ3v) is 1.41. The lowest BCUT2D eigenvalue weighted by Gasteiger charge is -2.14. The van der Waals surface area contributed by atoms with E-state index in [-0.39, 0.29) is 11.9 Å². The maximum absolute atomic E-state index is 10.5. The largest absolute Gasteiger partial charge is 0.392 e. The summed E-state index contributed by atoms with van der Waals surface area (Å²) < 4.78 is 0. The fourth-order valence-electron chi connectivity index (χ4n) is 0.883. The third-order valence-electron chi connectivity index (χ3n) is 1.41. The van der Waals surface area contributed by atoms with Gasteiger partial charge in [-0.3, -0.25) is 0 Å². The Bertz CT molecular complexity index is 124. The van der Waals surface area contributed by atoms with E-state index in [2.05, 4.69) is 0 Å². The summed E-state index contributed by atoms with van der Waals surface area (Å²) in [7, 11) is 3.80. The SMILES string of the molecule is CC.CC(=O)CCC(O)CN(C)C. The van der Waals surface area contributed by atoms with Crippen LogP contribution in [-0.2, 0) is 4.79 Å². The number of aliphatic hydroxyl groups is 1. The highest BCUT2D eigenvalue weighted by molar-refractivity contribution is 5.75. The topological polar surface area (TPSA) is 40.5 Å². The zero-order chi connectivity index (χ0) is 10.9. The van der Waals surface area contributed by atoms with Crippen LogP contribution in [0.3, 0.4) is 0 Å². The van der Waals surface area contributed by atoms with Crippen molar-refractivity contribution in [1.29, 1.82) is 0 Å². The number of aliphatic hydroxyl groups excluding tert-OH is 1. The molecule has 1 unspecified atom stereocenters. The summed E-state index contributed by atoms with van der Waals surface area (Å²) >= 11 is 0. The van der Waals surface area contributed by atoms with Gasteiger partial charge < -0.3 is 14.8 Å². The van der Waals surface area contributed by atoms with Crippen LogP contribution in [0.25, 0.3) is 0 Å². The summed E-state index contributed by atoms with van der Waals surface area (Å²) in [6.45, 7) is 6.18. The second kappa shape index (κ2) is 9.68. The first kappa shape index (κ1) is 15.1. The fourth-order valence-corrected chi connectivity index (χ4v) is 0.883. The normalized spacial score (nSPS) is 11.9. The van der Waals surface area contributed by atoms with E-state index in [0.29, 0.717) is 19.4 Å². The van der Waals surface area contributed by atoms with E-state index in [4.69, 9.17) is 0 Å². The van der Waals surface area contributed by atoms with Crippen LogP contribution in [0.4, 0.5) is 0 Å². The minimum Gasteiger partial charge on any atom is -0.392 e. The summed E-state index contributed by atoms with van der Waals surface area (Å²) in [6.07, 6.45) is 0.691. The van der Waals surface area contributed by atoms with Crippen LogP contribution in [-0.4, -0.2) is 42.5 Å². The van der Waals surface area contributed by atoms with Gasteiger partial charge in [-0.2, -0.15) is 0 Å². The molecule has 3 nitrogen and oxygen atoms in total. The summed E-state index contributed by atoms with van der Waals surface area (Å²) in [6, 6.07) is 0. The number of carbonyl (C=O) groups is 1. The Labute approximate surface area is 81.7 Å². The monoisotopic (exact) mass is 189 g/mol. The van der Waals surface area contributed by atoms with E-state index in [1.165, 1.54) is 0 Å². The molecule has 80 valence electrons. The molecule has 0 aliphatic carbocycles. The van der Waals surface area contributed by atoms with Crippen LogP contribution in [0, 0.1) is 0 Å². The highest BCUT2D eigenvalue weighted by atomic mass is 16.3. The molecule has 0 heterocycles. The van der Waals surface area contributed by atoms with Gasteiger partial charge in [0.2, 0.25) is 0 Å². The Morgan fingerprint density at radius 2 is 1.85 bits per heavy atom. The first-order valence-corrected chi connectivity index (χ1v) is 4.84. The van der Waals surface area contributed by atoms with Crippen molar-refractivity contribution in [3.05, 3.63) is 0 Å². The molecule has 0 aromatic heterocycles. The second-order valence-electron chi connectivity index (χ2n) is 3.16. The van der Waals surface area contributed by atoms with Crippen LogP contribution in [0.15, 0.2) is 0 Å². The number of hydrogen-bond donors (Lipinski definition) is 1. The summed E-state index contributed by atoms with van der Waals surface area (Å²) in [5.41, 5.74) is 0. The third kappa shape index (κ3) is 14.4. The van der Waals surface area contributed by atoms with Gasteiger partial charge in [0, 0.05) is 13.0 Å². The molecular weight excluding hydrogens is 166 g/mol. The van der Waals surface area contributed by atoms with Crippen molar-refractivity contribution in [2.75, 3.05) is 20.6 Å². The molecule has 0 bridgehead atoms. The summed E-state index contributed by atoms with van der Waals surface area (Å²) in [5.74, 6) is 0.141. The Hall–Kier alpha value is -0.410. The van der Waals surface area contributed by atoms with Crippen LogP contribution in [0.5, 0.6) is 0 Å². The minimum absolute atomic E-state index is 0.141. The Balaban J connectivity index is 0. The summed E-state index contributed by atoms with van der Waals surface area (Å²) in [4.78, 5) is 12.4. The van der Waals surface area contributed by atoms with E-state index in [9.17, 15) is 9.90 Å². The number of rotatable bonds is 5. The predicted molar refractivity (Wildman–Crippen MR) is 55.8 cm³/mol. The Morgan fingerprint density at radius 3 is 2.15 bits per heavy atom. The number of likely N-dealkylation sites (N-methyl/N-ethyl adjacent to an activating group) is 1. The number of carbonyl (C=O) groups excluding carboxylic acids is 1. The lowest BCUT2D eigenvalue weighted by Crippen LogP contribution is -2.26. The molecule has 0 spiro atoms. The van der Waals surface area contributed by atoms with E-state index in [1.54, 1.807) is 6.92 Å². The molecule has 1 N–H and O–H groups in total. The molecule has 1 atom stereocenters. The van der Waals surface area contributed by atoms with Gasteiger partial charge >= 0.3 is 0 Å². The lowest BCUT2D eigenvalue weighted by atomic mass is 10.1. The molecule has 0 rings (SSSR count). The first-order valence-electron chi connectivity index (χ1n) is 4.84. The van der Waals surface area contributed by atoms with Crippen LogP contribution in [0.2, 0.25) is 0 Å². The van der Waals surface area contributed by atoms with E-state index in [1.807, 2.05) is 32.8 Å². The molecule has 3 heteroatoms. The van der Waals surface area contributed by atoms with Crippen molar-refractivity contribution in [3.63, 3.8) is 0 Å². The molecular formula is C10H23NO2. The highest BCUT2D eigenvalue weighted by Gasteiger charge is 2.05. The quantitative estimate of drug-likeness (QED) is 0.709. The van der Waals surface area contributed by atoms with Gasteiger partial charge in [0.1, 0.15) is 5.78 Å². The molecule has 0 saturated heterocycles. The number of ketones is 1. The standard InChI is InChI=1S/C8H17NO2.C2H6/c1-7(10)4-5-8(11)6-9(2)3;1-2/h8,11H,4-6H2,1-3H3;1-2H3. The van der Waals surface area contributed by atoms with Crippen LogP contribution in [0.1, 0.15) is 33.6 Å². The maximum Gasteiger partial charge on any atom is 0.129 e. The molecule has 0 aromatic rings. The van der Waals surface area contributed by atoms with Crippen molar-refractivity contribution in [3.8, 4) is 0 Å². The van der Waals surface area contributed by atoms with Gasteiger partial charge in [0.05, 0.1) is 6.10 Å². The second-order valence-corrected chi connectivity index (χ2v) is 3.16. The van der Waals surface area contributed by atoms with Crippen LogP contribution < -0.4 is 0 Å². The van der Waals surface area contributed by atoms with Gasteiger partial charge in [0.25, 0.3) is 0 Å². The van der Waals surface area contributed by atoms with Gasteiger partial charge in [0.15, 0.2) is 0 Å². The molecule has 0 aromatic carbocycles. The van der Waals surface area contributed by atoms with Gasteiger partial charge in [-0.25, -0.2) is 0 Å². The molecule has 0 radical (unpaired) electrons. The molecule has 0 fully saturated rings. The van der Waals surface area contributed by atoms with Crippen molar-refractivity contribution in [1.82, 2.24) is 4.90 Å². The van der Waals surface area contributed by atoms with Crippen molar-refractivity contribution >= 4 is 5.78 Å². The van der Waals surface area contributed by atoms with E-state index < -0.39 is 0 Å². The van der Waals surface area contributed by atoms with Gasteiger partial charge in [-0.05, 0) is 27.4 Å². The van der Waals surface area contributed by atoms with E-state index >= 15 is 0 Å². The van der Waals surface area contributed by atoms with Crippen molar-refractivity contribution < 1.29 is 9.90 Å². The zero-order valence-electron chi connectivity index (χ0n) is 9.50. The Kier molecular flexibility index (Phi) is 11.2. The number of Topliss-reactive ketones (excluding diaryl/α,β-unsaturated/α-hetero) is 1. The maximum atomic E-state index is 10.5. The smallest absolute Gasteiger partial charge is 0.129 e. The van der Waals surface area contributed by atoms with Crippen molar-refractivity contribution in [2.45, 2.75) is 39.7 Å². The number of nitrogens with zero attached hydrogens (tertiary/aromatic N) is 1. The summed E-state index contributed by atoms with van der Waals surface area (Å²) in [5, 5.41) is 9.27. The molecule has 0 amide bonds. The minimum atomic E-state index is -0.367. The lowest BCUT2D eigenvalue weighted by molar-refractivity contribution is -0.117. The molecule has 0 aliphatic rings. The van der Waals surface area contributed by atoms with E-state index in [0.717, 1.165) is 0 Å². The van der Waals surface area contributed by atoms with Crippen LogP contribution >= 0.6 is 0 Å². The predicted octanol–water partition coefficient (Wildman–Crippen LogP) is 1.30. The molecule has 0 saturated carbocycles. The molecule has 13 heavy (non-hydrogen) atoms. The highest BCUT2D eigenvalue weighted by Crippen LogP contribution is 1.98. The molecule has 0 aliphatic heterocycles. The van der Waals surface area contributed by atoms with Gasteiger partial charge in [-0.15, -0.1) is 0 Å². The zero-order valence-corrected chi connectivity index (χ0v) is 9.50. The average Bonchev–Trinajstić information content (AvgIpc) is 2.03. The number of hydrogen-bond acceptors (Lipinski definition) is 3. The first-order chi connectivity index (χ1) is 6.02. The van der Waals surface area contributed by atoms with Crippen molar-refractivity contribution in [2.24, 2.45) is 0 Å². The van der Waals surface area contributed by atoms with Gasteiger partial charge in [-0.1, -0.05) is 13.8 Å².